The number of carbonyl (C=O) groups excluding carboxylic acids is 1. The molecule has 1 aromatic carbocycles. The number of hydrogen-bond acceptors (Lipinski definition) is 2. The quantitative estimate of drug-likeness (QED) is 0.867. The molecule has 3 rings (SSSR count). The van der Waals surface area contributed by atoms with Crippen LogP contribution in [-0.4, -0.2) is 27.9 Å². The van der Waals surface area contributed by atoms with Crippen molar-refractivity contribution in [1.29, 1.82) is 0 Å². The van der Waals surface area contributed by atoms with Gasteiger partial charge in [0, 0.05) is 19.0 Å². The molecule has 1 amide bonds. The van der Waals surface area contributed by atoms with Crippen molar-refractivity contribution >= 4 is 11.9 Å². The molecule has 110 valence electrons. The molecule has 0 bridgehead atoms. The predicted molar refractivity (Wildman–Crippen MR) is 78.6 cm³/mol. The van der Waals surface area contributed by atoms with Gasteiger partial charge in [-0.2, -0.15) is 0 Å². The summed E-state index contributed by atoms with van der Waals surface area (Å²) >= 11 is 0. The number of amides is 1. The first kappa shape index (κ1) is 13.9. The lowest BCUT2D eigenvalue weighted by Gasteiger charge is -2.34. The molecular formula is C17H19NO3. The van der Waals surface area contributed by atoms with E-state index >= 15 is 0 Å². The lowest BCUT2D eigenvalue weighted by atomic mass is 9.93. The summed E-state index contributed by atoms with van der Waals surface area (Å²) in [6.45, 7) is 2.34. The highest BCUT2D eigenvalue weighted by atomic mass is 16.4. The maximum absolute atomic E-state index is 12.5. The fourth-order valence-corrected chi connectivity index (χ4v) is 2.91. The maximum Gasteiger partial charge on any atom is 0.326 e. The molecule has 1 fully saturated rings. The van der Waals surface area contributed by atoms with Crippen LogP contribution in [0.2, 0.25) is 0 Å². The number of hydrogen-bond donors (Lipinski definition) is 1. The molecule has 1 aliphatic carbocycles. The van der Waals surface area contributed by atoms with Crippen LogP contribution in [0.4, 0.5) is 0 Å². The number of allylic oxidation sites excluding steroid dienone is 1. The Morgan fingerprint density at radius 2 is 1.90 bits per heavy atom. The highest BCUT2D eigenvalue weighted by Gasteiger charge is 2.34. The Labute approximate surface area is 124 Å². The Hall–Kier alpha value is -2.10. The minimum atomic E-state index is -0.935. The highest BCUT2D eigenvalue weighted by molar-refractivity contribution is 5.92. The van der Waals surface area contributed by atoms with Crippen LogP contribution in [0.1, 0.15) is 30.9 Å². The first-order valence-corrected chi connectivity index (χ1v) is 7.34. The molecule has 1 atom stereocenters. The summed E-state index contributed by atoms with van der Waals surface area (Å²) in [5, 5.41) is 9.42. The Morgan fingerprint density at radius 3 is 2.52 bits per heavy atom. The first-order valence-electron chi connectivity index (χ1n) is 7.34. The van der Waals surface area contributed by atoms with Crippen molar-refractivity contribution in [2.24, 2.45) is 5.92 Å². The van der Waals surface area contributed by atoms with Crippen LogP contribution in [0.3, 0.4) is 0 Å². The van der Waals surface area contributed by atoms with Gasteiger partial charge in [-0.25, -0.2) is 4.79 Å². The number of fused-ring (bicyclic) bond motifs is 1. The number of rotatable bonds is 3. The largest absolute Gasteiger partial charge is 0.480 e. The van der Waals surface area contributed by atoms with Gasteiger partial charge in [-0.15, -0.1) is 0 Å². The molecule has 0 saturated heterocycles. The molecule has 2 aliphatic rings. The Kier molecular flexibility index (Phi) is 3.53. The van der Waals surface area contributed by atoms with Gasteiger partial charge in [0.2, 0.25) is 5.91 Å². The van der Waals surface area contributed by atoms with Crippen molar-refractivity contribution in [3.63, 3.8) is 0 Å². The van der Waals surface area contributed by atoms with Gasteiger partial charge in [0.05, 0.1) is 0 Å². The van der Waals surface area contributed by atoms with Crippen molar-refractivity contribution in [1.82, 2.24) is 4.90 Å². The van der Waals surface area contributed by atoms with Gasteiger partial charge < -0.3 is 10.0 Å². The summed E-state index contributed by atoms with van der Waals surface area (Å²) in [7, 11) is 0. The first-order chi connectivity index (χ1) is 10.1. The zero-order valence-corrected chi connectivity index (χ0v) is 12.1. The molecule has 1 aromatic rings. The van der Waals surface area contributed by atoms with Crippen molar-refractivity contribution in [2.45, 2.75) is 38.8 Å². The second-order valence-electron chi connectivity index (χ2n) is 5.96. The zero-order valence-electron chi connectivity index (χ0n) is 12.1. The standard InChI is InChI=1S/C17H19NO3/c1-11(12-6-7-12)8-16(19)18-10-14-5-3-2-4-13(14)9-15(18)17(20)21/h2-5,8,12,15H,6-7,9-10H2,1H3,(H,20,21)/b11-8-. The molecular weight excluding hydrogens is 266 g/mol. The molecule has 1 unspecified atom stereocenters. The van der Waals surface area contributed by atoms with E-state index in [1.807, 2.05) is 31.2 Å². The van der Waals surface area contributed by atoms with Gasteiger partial charge in [0.1, 0.15) is 6.04 Å². The molecule has 1 aliphatic heterocycles. The van der Waals surface area contributed by atoms with E-state index < -0.39 is 12.0 Å². The minimum Gasteiger partial charge on any atom is -0.480 e. The van der Waals surface area contributed by atoms with Gasteiger partial charge in [-0.3, -0.25) is 4.79 Å². The van der Waals surface area contributed by atoms with Gasteiger partial charge in [0.15, 0.2) is 0 Å². The van der Waals surface area contributed by atoms with Crippen LogP contribution >= 0.6 is 0 Å². The molecule has 0 radical (unpaired) electrons. The van der Waals surface area contributed by atoms with E-state index in [1.54, 1.807) is 6.08 Å². The molecule has 1 heterocycles. The van der Waals surface area contributed by atoms with Crippen LogP contribution in [0.25, 0.3) is 0 Å². The van der Waals surface area contributed by atoms with Crippen LogP contribution in [-0.2, 0) is 22.6 Å². The Balaban J connectivity index is 1.86. The topological polar surface area (TPSA) is 57.6 Å². The summed E-state index contributed by atoms with van der Waals surface area (Å²) < 4.78 is 0. The van der Waals surface area contributed by atoms with E-state index in [4.69, 9.17) is 0 Å². The highest BCUT2D eigenvalue weighted by Crippen LogP contribution is 2.36. The third-order valence-corrected chi connectivity index (χ3v) is 4.39. The SMILES string of the molecule is C/C(=C/C(=O)N1Cc2ccccc2CC1C(=O)O)C1CC1. The third-order valence-electron chi connectivity index (χ3n) is 4.39. The van der Waals surface area contributed by atoms with Crippen LogP contribution in [0, 0.1) is 5.92 Å². The summed E-state index contributed by atoms with van der Waals surface area (Å²) in [5.74, 6) is -0.592. The van der Waals surface area contributed by atoms with E-state index in [0.29, 0.717) is 18.9 Å². The number of nitrogens with zero attached hydrogens (tertiary/aromatic N) is 1. The smallest absolute Gasteiger partial charge is 0.326 e. The summed E-state index contributed by atoms with van der Waals surface area (Å²) in [6.07, 6.45) is 4.29. The van der Waals surface area contributed by atoms with Crippen LogP contribution < -0.4 is 0 Å². The van der Waals surface area contributed by atoms with E-state index in [0.717, 1.165) is 29.5 Å². The fourth-order valence-electron chi connectivity index (χ4n) is 2.91. The average Bonchev–Trinajstić information content (AvgIpc) is 3.30. The van der Waals surface area contributed by atoms with Gasteiger partial charge in [-0.1, -0.05) is 29.8 Å². The Morgan fingerprint density at radius 1 is 1.24 bits per heavy atom. The zero-order chi connectivity index (χ0) is 15.0. The fraction of sp³-hybridized carbons (Fsp3) is 0.412. The molecule has 4 nitrogen and oxygen atoms in total. The molecule has 21 heavy (non-hydrogen) atoms. The normalized spacial score (nSPS) is 21.9. The summed E-state index contributed by atoms with van der Waals surface area (Å²) in [6, 6.07) is 6.97. The molecule has 0 aromatic heterocycles. The molecule has 1 saturated carbocycles. The summed E-state index contributed by atoms with van der Waals surface area (Å²) in [5.41, 5.74) is 3.14. The minimum absolute atomic E-state index is 0.179. The number of benzene rings is 1. The average molecular weight is 285 g/mol. The van der Waals surface area contributed by atoms with Crippen molar-refractivity contribution in [2.75, 3.05) is 0 Å². The van der Waals surface area contributed by atoms with Crippen molar-refractivity contribution in [3.8, 4) is 0 Å². The molecule has 4 heteroatoms. The van der Waals surface area contributed by atoms with Gasteiger partial charge in [-0.05, 0) is 36.8 Å². The van der Waals surface area contributed by atoms with E-state index in [-0.39, 0.29) is 5.91 Å². The lowest BCUT2D eigenvalue weighted by Crippen LogP contribution is -2.48. The number of carbonyl (C=O) groups is 2. The Bertz CT molecular complexity index is 616. The lowest BCUT2D eigenvalue weighted by molar-refractivity contribution is -0.149. The van der Waals surface area contributed by atoms with E-state index in [2.05, 4.69) is 0 Å². The van der Waals surface area contributed by atoms with Crippen molar-refractivity contribution in [3.05, 3.63) is 47.0 Å². The monoisotopic (exact) mass is 285 g/mol. The number of aliphatic carboxylic acids is 1. The molecule has 1 N–H and O–H groups in total. The van der Waals surface area contributed by atoms with Gasteiger partial charge in [0.25, 0.3) is 0 Å². The summed E-state index contributed by atoms with van der Waals surface area (Å²) in [4.78, 5) is 25.4. The second-order valence-corrected chi connectivity index (χ2v) is 5.96. The maximum atomic E-state index is 12.5. The number of carboxylic acids is 1. The second kappa shape index (κ2) is 5.35. The molecule has 0 spiro atoms. The third kappa shape index (κ3) is 2.84. The van der Waals surface area contributed by atoms with Gasteiger partial charge >= 0.3 is 5.97 Å². The van der Waals surface area contributed by atoms with Crippen LogP contribution in [0.15, 0.2) is 35.9 Å². The van der Waals surface area contributed by atoms with Crippen LogP contribution in [0.5, 0.6) is 0 Å². The number of carboxylic acid groups (broad SMARTS) is 1. The van der Waals surface area contributed by atoms with E-state index in [1.165, 1.54) is 4.90 Å². The predicted octanol–water partition coefficient (Wildman–Crippen LogP) is 2.38. The van der Waals surface area contributed by atoms with Crippen molar-refractivity contribution < 1.29 is 14.7 Å². The van der Waals surface area contributed by atoms with E-state index in [9.17, 15) is 14.7 Å².